The van der Waals surface area contributed by atoms with Crippen LogP contribution in [0, 0.1) is 0 Å². The van der Waals surface area contributed by atoms with E-state index in [0.29, 0.717) is 0 Å². The third kappa shape index (κ3) is 1.65. The van der Waals surface area contributed by atoms with E-state index in [9.17, 15) is 13.9 Å². The molecule has 2 bridgehead atoms. The van der Waals surface area contributed by atoms with Crippen molar-refractivity contribution in [2.45, 2.75) is 56.2 Å². The van der Waals surface area contributed by atoms with E-state index in [1.165, 1.54) is 0 Å². The predicted molar refractivity (Wildman–Crippen MR) is 49.4 cm³/mol. The zero-order chi connectivity index (χ0) is 10.3. The van der Waals surface area contributed by atoms with Crippen LogP contribution in [0.15, 0.2) is 0 Å². The maximum absolute atomic E-state index is 13.4. The minimum absolute atomic E-state index is 0.0408. The summed E-state index contributed by atoms with van der Waals surface area (Å²) in [6, 6.07) is 0.109. The van der Waals surface area contributed by atoms with Gasteiger partial charge < -0.3 is 10.0 Å². The summed E-state index contributed by atoms with van der Waals surface area (Å²) < 4.78 is 26.8. The molecule has 2 aliphatic heterocycles. The Hall–Kier alpha value is -0.220. The summed E-state index contributed by atoms with van der Waals surface area (Å²) >= 11 is 0. The summed E-state index contributed by atoms with van der Waals surface area (Å²) in [5, 5.41) is 9.41. The molecule has 0 aromatic carbocycles. The van der Waals surface area contributed by atoms with Crippen LogP contribution in [0.25, 0.3) is 0 Å². The first-order valence-electron chi connectivity index (χ1n) is 5.28. The molecule has 2 fully saturated rings. The topological polar surface area (TPSA) is 23.5 Å². The lowest BCUT2D eigenvalue weighted by Crippen LogP contribution is -2.43. The lowest BCUT2D eigenvalue weighted by atomic mass is 9.95. The second-order valence-electron chi connectivity index (χ2n) is 4.62. The van der Waals surface area contributed by atoms with Gasteiger partial charge in [-0.3, -0.25) is 0 Å². The van der Waals surface area contributed by atoms with Crippen molar-refractivity contribution in [2.24, 2.45) is 0 Å². The summed E-state index contributed by atoms with van der Waals surface area (Å²) in [5.41, 5.74) is 0. The molecule has 0 aromatic heterocycles. The van der Waals surface area contributed by atoms with Crippen molar-refractivity contribution in [3.05, 3.63) is 0 Å². The molecule has 0 aliphatic carbocycles. The van der Waals surface area contributed by atoms with Crippen molar-refractivity contribution >= 4 is 0 Å². The van der Waals surface area contributed by atoms with Crippen molar-refractivity contribution < 1.29 is 13.9 Å². The highest BCUT2D eigenvalue weighted by Gasteiger charge is 2.47. The van der Waals surface area contributed by atoms with E-state index in [1.807, 2.05) is 11.9 Å². The molecule has 0 amide bonds. The van der Waals surface area contributed by atoms with Crippen molar-refractivity contribution in [2.75, 3.05) is 7.05 Å². The Morgan fingerprint density at radius 1 is 1.29 bits per heavy atom. The first-order chi connectivity index (χ1) is 6.50. The molecule has 0 saturated carbocycles. The lowest BCUT2D eigenvalue weighted by molar-refractivity contribution is -0.114. The second kappa shape index (κ2) is 3.42. The van der Waals surface area contributed by atoms with Crippen LogP contribution in [-0.4, -0.2) is 41.2 Å². The number of rotatable bonds is 0. The van der Waals surface area contributed by atoms with Crippen molar-refractivity contribution in [3.63, 3.8) is 0 Å². The third-order valence-electron chi connectivity index (χ3n) is 3.72. The summed E-state index contributed by atoms with van der Waals surface area (Å²) in [6.07, 6.45) is 1.40. The zero-order valence-electron chi connectivity index (χ0n) is 8.42. The standard InChI is InChI=1S/C10H17F2NO/c1-13-7-3-2-4-8(13)6-10(11,12)9(14)5-7/h7-9,14H,2-6H2,1H3. The number of piperidine rings is 1. The Morgan fingerprint density at radius 3 is 2.64 bits per heavy atom. The molecule has 0 aromatic rings. The Kier molecular flexibility index (Phi) is 2.52. The fourth-order valence-electron chi connectivity index (χ4n) is 2.71. The molecular formula is C10H17F2NO. The Bertz CT molecular complexity index is 222. The summed E-state index contributed by atoms with van der Waals surface area (Å²) in [6.45, 7) is 0. The van der Waals surface area contributed by atoms with Crippen LogP contribution in [0.2, 0.25) is 0 Å². The van der Waals surface area contributed by atoms with Crippen LogP contribution in [0.4, 0.5) is 8.78 Å². The fraction of sp³-hybridized carbons (Fsp3) is 1.00. The average molecular weight is 205 g/mol. The minimum Gasteiger partial charge on any atom is -0.387 e. The SMILES string of the molecule is CN1C2CCCC1CC(F)(F)C(O)C2. The van der Waals surface area contributed by atoms with Crippen molar-refractivity contribution in [1.29, 1.82) is 0 Å². The molecule has 2 aliphatic rings. The summed E-state index contributed by atoms with van der Waals surface area (Å²) in [7, 11) is 1.91. The quantitative estimate of drug-likeness (QED) is 0.649. The highest BCUT2D eigenvalue weighted by Crippen LogP contribution is 2.39. The van der Waals surface area contributed by atoms with Gasteiger partial charge in [-0.05, 0) is 26.3 Å². The molecule has 2 rings (SSSR count). The van der Waals surface area contributed by atoms with Gasteiger partial charge in [-0.15, -0.1) is 0 Å². The van der Waals surface area contributed by atoms with Gasteiger partial charge in [-0.1, -0.05) is 6.42 Å². The summed E-state index contributed by atoms with van der Waals surface area (Å²) in [5.74, 6) is -2.89. The Labute approximate surface area is 82.9 Å². The van der Waals surface area contributed by atoms with Crippen LogP contribution in [0.3, 0.4) is 0 Å². The van der Waals surface area contributed by atoms with Crippen LogP contribution < -0.4 is 0 Å². The maximum Gasteiger partial charge on any atom is 0.275 e. The molecule has 14 heavy (non-hydrogen) atoms. The van der Waals surface area contributed by atoms with Crippen molar-refractivity contribution in [3.8, 4) is 0 Å². The number of aliphatic hydroxyl groups is 1. The number of hydrogen-bond donors (Lipinski definition) is 1. The zero-order valence-corrected chi connectivity index (χ0v) is 8.42. The van der Waals surface area contributed by atoms with Gasteiger partial charge >= 0.3 is 0 Å². The molecule has 82 valence electrons. The van der Waals surface area contributed by atoms with Gasteiger partial charge in [-0.25, -0.2) is 8.78 Å². The van der Waals surface area contributed by atoms with E-state index >= 15 is 0 Å². The van der Waals surface area contributed by atoms with Crippen molar-refractivity contribution in [1.82, 2.24) is 4.90 Å². The predicted octanol–water partition coefficient (Wildman–Crippen LogP) is 1.63. The van der Waals surface area contributed by atoms with Gasteiger partial charge in [0.15, 0.2) is 0 Å². The summed E-state index contributed by atoms with van der Waals surface area (Å²) in [4.78, 5) is 2.04. The third-order valence-corrected chi connectivity index (χ3v) is 3.72. The van der Waals surface area contributed by atoms with Crippen LogP contribution in [0.1, 0.15) is 32.1 Å². The highest BCUT2D eigenvalue weighted by molar-refractivity contribution is 4.95. The normalized spacial score (nSPS) is 43.3. The van der Waals surface area contributed by atoms with Gasteiger partial charge in [0.25, 0.3) is 5.92 Å². The van der Waals surface area contributed by atoms with E-state index in [-0.39, 0.29) is 24.9 Å². The van der Waals surface area contributed by atoms with Gasteiger partial charge in [0.1, 0.15) is 6.10 Å². The highest BCUT2D eigenvalue weighted by atomic mass is 19.3. The number of alkyl halides is 2. The largest absolute Gasteiger partial charge is 0.387 e. The van der Waals surface area contributed by atoms with Crippen LogP contribution in [-0.2, 0) is 0 Å². The molecule has 4 heteroatoms. The molecule has 0 spiro atoms. The number of fused-ring (bicyclic) bond motifs is 2. The van der Waals surface area contributed by atoms with E-state index in [1.54, 1.807) is 0 Å². The van der Waals surface area contributed by atoms with Crippen LogP contribution in [0.5, 0.6) is 0 Å². The first-order valence-corrected chi connectivity index (χ1v) is 5.28. The van der Waals surface area contributed by atoms with Gasteiger partial charge in [0.2, 0.25) is 0 Å². The Balaban J connectivity index is 2.20. The molecule has 2 nitrogen and oxygen atoms in total. The fourth-order valence-corrected chi connectivity index (χ4v) is 2.71. The number of nitrogens with zero attached hydrogens (tertiary/aromatic N) is 1. The van der Waals surface area contributed by atoms with Gasteiger partial charge in [-0.2, -0.15) is 0 Å². The molecule has 0 radical (unpaired) electrons. The van der Waals surface area contributed by atoms with Gasteiger partial charge in [0.05, 0.1) is 0 Å². The smallest absolute Gasteiger partial charge is 0.275 e. The first kappa shape index (κ1) is 10.3. The monoisotopic (exact) mass is 205 g/mol. The molecule has 3 atom stereocenters. The maximum atomic E-state index is 13.4. The molecule has 2 heterocycles. The number of hydrogen-bond acceptors (Lipinski definition) is 2. The average Bonchev–Trinajstić information content (AvgIpc) is 2.17. The van der Waals surface area contributed by atoms with E-state index in [4.69, 9.17) is 0 Å². The van der Waals surface area contributed by atoms with Gasteiger partial charge in [0, 0.05) is 18.5 Å². The molecule has 1 N–H and O–H groups in total. The Morgan fingerprint density at radius 2 is 1.93 bits per heavy atom. The number of aliphatic hydroxyl groups excluding tert-OH is 1. The number of halogens is 2. The second-order valence-corrected chi connectivity index (χ2v) is 4.62. The lowest BCUT2D eigenvalue weighted by Gasteiger charge is -2.37. The molecule has 2 saturated heterocycles. The minimum atomic E-state index is -2.89. The van der Waals surface area contributed by atoms with E-state index in [0.717, 1.165) is 19.3 Å². The van der Waals surface area contributed by atoms with E-state index < -0.39 is 12.0 Å². The molecule has 3 unspecified atom stereocenters. The van der Waals surface area contributed by atoms with E-state index in [2.05, 4.69) is 0 Å². The van der Waals surface area contributed by atoms with Crippen LogP contribution >= 0.6 is 0 Å². The molecular weight excluding hydrogens is 188 g/mol.